The number of ether oxygens (including phenoxy) is 1. The minimum atomic E-state index is -0.306. The first-order valence-electron chi connectivity index (χ1n) is 18.4. The van der Waals surface area contributed by atoms with Gasteiger partial charge in [-0.1, -0.05) is 169 Å². The Morgan fingerprint density at radius 2 is 1.17 bits per heavy atom. The van der Waals surface area contributed by atoms with Crippen molar-refractivity contribution in [2.45, 2.75) is 95.8 Å². The molecule has 4 aromatic rings. The molecule has 0 bridgehead atoms. The number of thioether (sulfide) groups is 1. The lowest BCUT2D eigenvalue weighted by Crippen LogP contribution is -2.31. The fraction of sp³-hybridized carbons (Fsp3) is 0.455. The lowest BCUT2D eigenvalue weighted by Gasteiger charge is -2.35. The van der Waals surface area contributed by atoms with E-state index in [1.807, 2.05) is 11.8 Å². The van der Waals surface area contributed by atoms with Gasteiger partial charge in [0.15, 0.2) is 0 Å². The molecule has 250 valence electrons. The first kappa shape index (κ1) is 35.3. The Labute approximate surface area is 290 Å². The Morgan fingerprint density at radius 3 is 1.72 bits per heavy atom. The summed E-state index contributed by atoms with van der Waals surface area (Å²) in [5.41, 5.74) is 6.83. The molecular formula is C44H57NOS. The molecule has 1 aliphatic heterocycles. The number of unbranched alkanes of at least 4 members (excludes halogenated alkanes) is 8. The van der Waals surface area contributed by atoms with Gasteiger partial charge in [0.1, 0.15) is 5.75 Å². The molecule has 5 rings (SSSR count). The van der Waals surface area contributed by atoms with Crippen LogP contribution in [0.4, 0.5) is 0 Å². The molecule has 0 fully saturated rings. The van der Waals surface area contributed by atoms with Gasteiger partial charge in [-0.3, -0.25) is 4.90 Å². The second-order valence-corrected chi connectivity index (χ2v) is 15.1. The molecule has 0 unspecified atom stereocenters. The van der Waals surface area contributed by atoms with Crippen molar-refractivity contribution in [1.29, 1.82) is 0 Å². The maximum atomic E-state index is 6.42. The molecule has 0 radical (unpaired) electrons. The van der Waals surface area contributed by atoms with Gasteiger partial charge in [0.05, 0.1) is 11.4 Å². The van der Waals surface area contributed by atoms with Crippen LogP contribution in [0.1, 0.15) is 106 Å². The number of nitrogens with zero attached hydrogens (tertiary/aromatic N) is 1. The predicted octanol–water partition coefficient (Wildman–Crippen LogP) is 11.7. The van der Waals surface area contributed by atoms with Crippen LogP contribution < -0.4 is 4.74 Å². The minimum Gasteiger partial charge on any atom is -0.493 e. The van der Waals surface area contributed by atoms with E-state index in [-0.39, 0.29) is 4.75 Å². The topological polar surface area (TPSA) is 12.5 Å². The van der Waals surface area contributed by atoms with Crippen molar-refractivity contribution in [2.24, 2.45) is 5.92 Å². The number of hydrogen-bond acceptors (Lipinski definition) is 3. The van der Waals surface area contributed by atoms with E-state index in [4.69, 9.17) is 4.74 Å². The molecule has 3 heteroatoms. The van der Waals surface area contributed by atoms with Gasteiger partial charge < -0.3 is 4.74 Å². The van der Waals surface area contributed by atoms with Crippen molar-refractivity contribution in [1.82, 2.24) is 4.90 Å². The number of benzene rings is 4. The monoisotopic (exact) mass is 647 g/mol. The third kappa shape index (κ3) is 10.5. The molecule has 0 aromatic heterocycles. The van der Waals surface area contributed by atoms with Crippen LogP contribution in [0, 0.1) is 5.92 Å². The molecule has 0 atom stereocenters. The van der Waals surface area contributed by atoms with Gasteiger partial charge in [-0.05, 0) is 65.3 Å². The second-order valence-electron chi connectivity index (χ2n) is 13.8. The van der Waals surface area contributed by atoms with E-state index in [2.05, 4.69) is 128 Å². The summed E-state index contributed by atoms with van der Waals surface area (Å²) in [6.45, 7) is 8.82. The second kappa shape index (κ2) is 19.1. The molecule has 0 saturated heterocycles. The summed E-state index contributed by atoms with van der Waals surface area (Å²) >= 11 is 1.96. The zero-order valence-corrected chi connectivity index (χ0v) is 29.9. The van der Waals surface area contributed by atoms with Crippen LogP contribution >= 0.6 is 11.8 Å². The Bertz CT molecular complexity index is 1320. The van der Waals surface area contributed by atoms with E-state index < -0.39 is 0 Å². The van der Waals surface area contributed by atoms with E-state index in [1.165, 1.54) is 98.6 Å². The lowest BCUT2D eigenvalue weighted by atomic mass is 9.84. The van der Waals surface area contributed by atoms with Crippen molar-refractivity contribution in [2.75, 3.05) is 25.4 Å². The van der Waals surface area contributed by atoms with Crippen LogP contribution in [-0.4, -0.2) is 30.3 Å². The highest BCUT2D eigenvalue weighted by molar-refractivity contribution is 8.00. The van der Waals surface area contributed by atoms with E-state index in [0.717, 1.165) is 36.9 Å². The fourth-order valence-electron chi connectivity index (χ4n) is 7.12. The molecule has 0 aliphatic carbocycles. The smallest absolute Gasteiger partial charge is 0.119 e. The Hall–Kier alpha value is -3.01. The zero-order chi connectivity index (χ0) is 32.6. The molecule has 1 aliphatic rings. The molecule has 1 heterocycles. The SMILES string of the molecule is CC(C)CCCCCCCCCCCN1CCc2cc(OCCSC(c3ccccc3)(c3ccccc3)c3ccccc3)ccc2C1. The zero-order valence-electron chi connectivity index (χ0n) is 29.0. The Balaban J connectivity index is 1.07. The average molecular weight is 648 g/mol. The van der Waals surface area contributed by atoms with E-state index in [9.17, 15) is 0 Å². The van der Waals surface area contributed by atoms with Gasteiger partial charge in [-0.25, -0.2) is 0 Å². The van der Waals surface area contributed by atoms with Gasteiger partial charge in [-0.2, -0.15) is 0 Å². The molecule has 2 nitrogen and oxygen atoms in total. The van der Waals surface area contributed by atoms with Crippen molar-refractivity contribution in [3.63, 3.8) is 0 Å². The van der Waals surface area contributed by atoms with E-state index in [0.29, 0.717) is 6.61 Å². The predicted molar refractivity (Wildman–Crippen MR) is 204 cm³/mol. The van der Waals surface area contributed by atoms with Gasteiger partial charge in [0, 0.05) is 18.8 Å². The summed E-state index contributed by atoms with van der Waals surface area (Å²) in [5, 5.41) is 0. The van der Waals surface area contributed by atoms with Crippen LogP contribution in [0.3, 0.4) is 0 Å². The standard InChI is InChI=1S/C44H57NOS/c1-37(2)21-13-8-6-4-3-5-7-9-20-31-45-32-30-38-35-43(29-28-39(38)36-45)46-33-34-47-44(40-22-14-10-15-23-40,41-24-16-11-17-25-41)42-26-18-12-19-27-42/h10-12,14-19,22-29,35,37H,3-9,13,20-21,30-34,36H2,1-2H3. The molecule has 0 amide bonds. The molecule has 0 spiro atoms. The van der Waals surface area contributed by atoms with Gasteiger partial charge in [0.25, 0.3) is 0 Å². The quantitative estimate of drug-likeness (QED) is 0.0699. The largest absolute Gasteiger partial charge is 0.493 e. The number of fused-ring (bicyclic) bond motifs is 1. The van der Waals surface area contributed by atoms with Crippen molar-refractivity contribution >= 4 is 11.8 Å². The Morgan fingerprint density at radius 1 is 0.638 bits per heavy atom. The van der Waals surface area contributed by atoms with Gasteiger partial charge in [0.2, 0.25) is 0 Å². The summed E-state index contributed by atoms with van der Waals surface area (Å²) in [7, 11) is 0. The maximum absolute atomic E-state index is 6.42. The van der Waals surface area contributed by atoms with Crippen molar-refractivity contribution in [3.05, 3.63) is 137 Å². The highest BCUT2D eigenvalue weighted by Crippen LogP contribution is 2.48. The van der Waals surface area contributed by atoms with Crippen LogP contribution in [0.5, 0.6) is 5.75 Å². The first-order valence-corrected chi connectivity index (χ1v) is 19.4. The fourth-order valence-corrected chi connectivity index (χ4v) is 8.50. The average Bonchev–Trinajstić information content (AvgIpc) is 3.11. The summed E-state index contributed by atoms with van der Waals surface area (Å²) < 4.78 is 6.11. The molecule has 47 heavy (non-hydrogen) atoms. The van der Waals surface area contributed by atoms with E-state index in [1.54, 1.807) is 0 Å². The lowest BCUT2D eigenvalue weighted by molar-refractivity contribution is 0.247. The number of rotatable bonds is 20. The highest BCUT2D eigenvalue weighted by atomic mass is 32.2. The summed E-state index contributed by atoms with van der Waals surface area (Å²) in [5.74, 6) is 2.74. The van der Waals surface area contributed by atoms with Crippen LogP contribution in [-0.2, 0) is 17.7 Å². The van der Waals surface area contributed by atoms with Crippen LogP contribution in [0.15, 0.2) is 109 Å². The normalized spacial score (nSPS) is 13.5. The first-order chi connectivity index (χ1) is 23.1. The van der Waals surface area contributed by atoms with Crippen LogP contribution in [0.2, 0.25) is 0 Å². The van der Waals surface area contributed by atoms with Gasteiger partial charge in [-0.15, -0.1) is 11.8 Å². The summed E-state index contributed by atoms with van der Waals surface area (Å²) in [4.78, 5) is 2.66. The molecule has 0 N–H and O–H groups in total. The molecular weight excluding hydrogens is 591 g/mol. The maximum Gasteiger partial charge on any atom is 0.119 e. The van der Waals surface area contributed by atoms with Crippen molar-refractivity contribution < 1.29 is 4.74 Å². The van der Waals surface area contributed by atoms with E-state index >= 15 is 0 Å². The third-order valence-electron chi connectivity index (χ3n) is 9.74. The van der Waals surface area contributed by atoms with Crippen LogP contribution in [0.25, 0.3) is 0 Å². The summed E-state index contributed by atoms with van der Waals surface area (Å²) in [6, 6.07) is 39.6. The third-order valence-corrected chi connectivity index (χ3v) is 11.2. The molecule has 4 aromatic carbocycles. The van der Waals surface area contributed by atoms with Crippen molar-refractivity contribution in [3.8, 4) is 5.75 Å². The number of hydrogen-bond donors (Lipinski definition) is 0. The molecule has 0 saturated carbocycles. The highest BCUT2D eigenvalue weighted by Gasteiger charge is 2.36. The Kier molecular flexibility index (Phi) is 14.3. The minimum absolute atomic E-state index is 0.306. The van der Waals surface area contributed by atoms with Gasteiger partial charge >= 0.3 is 0 Å². The summed E-state index contributed by atoms with van der Waals surface area (Å²) in [6.07, 6.45) is 15.2.